The molecule has 22 heavy (non-hydrogen) atoms. The van der Waals surface area contributed by atoms with Gasteiger partial charge in [-0.15, -0.1) is 0 Å². The first kappa shape index (κ1) is 24.2. The molecule has 0 fully saturated rings. The van der Waals surface area contributed by atoms with E-state index >= 15 is 0 Å². The molecule has 1 N–H and O–H groups in total. The van der Waals surface area contributed by atoms with Crippen LogP contribution in [0.2, 0.25) is 0 Å². The third-order valence-corrected chi connectivity index (χ3v) is 3.85. The van der Waals surface area contributed by atoms with Crippen molar-refractivity contribution >= 4 is 5.97 Å². The van der Waals surface area contributed by atoms with Crippen molar-refractivity contribution in [3.05, 3.63) is 0 Å². The van der Waals surface area contributed by atoms with Crippen molar-refractivity contribution in [3.8, 4) is 0 Å². The van der Waals surface area contributed by atoms with E-state index in [4.69, 9.17) is 0 Å². The molecule has 0 aromatic heterocycles. The molecule has 0 rings (SSSR count). The van der Waals surface area contributed by atoms with Gasteiger partial charge in [0.15, 0.2) is 0 Å². The van der Waals surface area contributed by atoms with Crippen LogP contribution in [-0.4, -0.2) is 12.5 Å². The van der Waals surface area contributed by atoms with Gasteiger partial charge in [0.25, 0.3) is 0 Å². The molecule has 0 heterocycles. The molecular formula is C18H37NNiO2. The van der Waals surface area contributed by atoms with Crippen molar-refractivity contribution in [1.82, 2.24) is 5.48 Å². The molecule has 4 heteroatoms. The van der Waals surface area contributed by atoms with Gasteiger partial charge in [-0.25, -0.2) is 0 Å². The first-order chi connectivity index (χ1) is 10.3. The van der Waals surface area contributed by atoms with Crippen LogP contribution < -0.4 is 5.48 Å². The summed E-state index contributed by atoms with van der Waals surface area (Å²) in [6.07, 6.45) is 19.1. The Kier molecular flexibility index (Phi) is 23.0. The maximum Gasteiger partial charge on any atom is 0.321 e. The second-order valence-electron chi connectivity index (χ2n) is 6.08. The molecule has 0 aliphatic rings. The van der Waals surface area contributed by atoms with Crippen LogP contribution in [0.5, 0.6) is 0 Å². The standard InChI is InChI=1S/C18H37NO2.Ni/c1-3-4-5-6-7-8-9-10-11-12-13-14-15-16-17-19-21-18(2)20;/h19H,3-17H2,1-2H3;. The van der Waals surface area contributed by atoms with Crippen molar-refractivity contribution in [2.45, 2.75) is 104 Å². The van der Waals surface area contributed by atoms with Crippen LogP contribution >= 0.6 is 0 Å². The fourth-order valence-electron chi connectivity index (χ4n) is 2.54. The van der Waals surface area contributed by atoms with Gasteiger partial charge >= 0.3 is 5.97 Å². The van der Waals surface area contributed by atoms with Gasteiger partial charge in [0.2, 0.25) is 0 Å². The van der Waals surface area contributed by atoms with Gasteiger partial charge in [-0.1, -0.05) is 90.4 Å². The molecule has 0 aliphatic heterocycles. The van der Waals surface area contributed by atoms with Crippen molar-refractivity contribution in [2.75, 3.05) is 6.54 Å². The predicted molar refractivity (Wildman–Crippen MR) is 90.1 cm³/mol. The van der Waals surface area contributed by atoms with Crippen LogP contribution in [0.25, 0.3) is 0 Å². The summed E-state index contributed by atoms with van der Waals surface area (Å²) in [5, 5.41) is 0. The molecule has 0 aliphatic carbocycles. The third-order valence-electron chi connectivity index (χ3n) is 3.85. The fourth-order valence-corrected chi connectivity index (χ4v) is 2.54. The van der Waals surface area contributed by atoms with E-state index in [-0.39, 0.29) is 22.5 Å². The maximum absolute atomic E-state index is 10.5. The van der Waals surface area contributed by atoms with Crippen LogP contribution in [-0.2, 0) is 26.1 Å². The fraction of sp³-hybridized carbons (Fsp3) is 0.944. The van der Waals surface area contributed by atoms with Gasteiger partial charge in [0.1, 0.15) is 0 Å². The predicted octanol–water partition coefficient (Wildman–Crippen LogP) is 5.53. The van der Waals surface area contributed by atoms with Gasteiger partial charge in [0.05, 0.1) is 0 Å². The molecule has 0 bridgehead atoms. The molecule has 0 aromatic carbocycles. The molecule has 0 aromatic rings. The van der Waals surface area contributed by atoms with Gasteiger partial charge in [-0.05, 0) is 6.42 Å². The summed E-state index contributed by atoms with van der Waals surface area (Å²) in [4.78, 5) is 15.2. The van der Waals surface area contributed by atoms with Crippen LogP contribution in [0.4, 0.5) is 0 Å². The Morgan fingerprint density at radius 1 is 0.727 bits per heavy atom. The van der Waals surface area contributed by atoms with Crippen LogP contribution in [0.3, 0.4) is 0 Å². The summed E-state index contributed by atoms with van der Waals surface area (Å²) in [6.45, 7) is 4.46. The Hall–Kier alpha value is -0.0765. The van der Waals surface area contributed by atoms with E-state index in [0.29, 0.717) is 0 Å². The van der Waals surface area contributed by atoms with Crippen LogP contribution in [0.15, 0.2) is 0 Å². The normalized spacial score (nSPS) is 10.3. The largest absolute Gasteiger partial charge is 0.371 e. The first-order valence-corrected chi connectivity index (χ1v) is 9.17. The van der Waals surface area contributed by atoms with Gasteiger partial charge in [0, 0.05) is 30.0 Å². The average molecular weight is 358 g/mol. The summed E-state index contributed by atoms with van der Waals surface area (Å²) >= 11 is 0. The molecule has 3 nitrogen and oxygen atoms in total. The van der Waals surface area contributed by atoms with E-state index in [2.05, 4.69) is 17.2 Å². The van der Waals surface area contributed by atoms with Gasteiger partial charge < -0.3 is 4.84 Å². The van der Waals surface area contributed by atoms with Crippen molar-refractivity contribution < 1.29 is 26.1 Å². The van der Waals surface area contributed by atoms with Gasteiger partial charge in [-0.3, -0.25) is 4.79 Å². The maximum atomic E-state index is 10.5. The second-order valence-corrected chi connectivity index (χ2v) is 6.08. The average Bonchev–Trinajstić information content (AvgIpc) is 2.46. The van der Waals surface area contributed by atoms with E-state index in [1.807, 2.05) is 0 Å². The van der Waals surface area contributed by atoms with Crippen molar-refractivity contribution in [3.63, 3.8) is 0 Å². The van der Waals surface area contributed by atoms with E-state index in [1.165, 1.54) is 90.4 Å². The first-order valence-electron chi connectivity index (χ1n) is 9.17. The van der Waals surface area contributed by atoms with Crippen LogP contribution in [0.1, 0.15) is 104 Å². The van der Waals surface area contributed by atoms with Crippen LogP contribution in [0, 0.1) is 0 Å². The number of carbonyl (C=O) groups is 1. The quantitative estimate of drug-likeness (QED) is 0.224. The molecule has 0 unspecified atom stereocenters. The Bertz CT molecular complexity index is 225. The number of nitrogens with one attached hydrogen (secondary N) is 1. The zero-order valence-electron chi connectivity index (χ0n) is 14.7. The molecule has 0 radical (unpaired) electrons. The zero-order valence-corrected chi connectivity index (χ0v) is 15.7. The molecule has 0 atom stereocenters. The minimum absolute atomic E-state index is 0. The Labute approximate surface area is 148 Å². The summed E-state index contributed by atoms with van der Waals surface area (Å²) in [5.74, 6) is -0.264. The number of hydroxylamine groups is 1. The minimum atomic E-state index is -0.264. The SMILES string of the molecule is CCCCCCCCCCCCCCCCNOC(C)=O.[Ni]. The molecule has 0 amide bonds. The summed E-state index contributed by atoms with van der Waals surface area (Å²) in [6, 6.07) is 0. The molecule has 0 spiro atoms. The molecule has 0 saturated heterocycles. The molecule has 136 valence electrons. The molecular weight excluding hydrogens is 321 g/mol. The summed E-state index contributed by atoms with van der Waals surface area (Å²) in [7, 11) is 0. The smallest absolute Gasteiger partial charge is 0.321 e. The Morgan fingerprint density at radius 3 is 1.45 bits per heavy atom. The van der Waals surface area contributed by atoms with Gasteiger partial charge in [-0.2, -0.15) is 5.48 Å². The third kappa shape index (κ3) is 22.2. The Balaban J connectivity index is 0. The van der Waals surface area contributed by atoms with E-state index in [0.717, 1.165) is 13.0 Å². The monoisotopic (exact) mass is 357 g/mol. The van der Waals surface area contributed by atoms with E-state index < -0.39 is 0 Å². The minimum Gasteiger partial charge on any atom is -0.371 e. The van der Waals surface area contributed by atoms with Crippen molar-refractivity contribution in [1.29, 1.82) is 0 Å². The topological polar surface area (TPSA) is 38.3 Å². The zero-order chi connectivity index (χ0) is 15.6. The Morgan fingerprint density at radius 2 is 1.09 bits per heavy atom. The molecule has 0 saturated carbocycles. The number of hydrogen-bond acceptors (Lipinski definition) is 3. The van der Waals surface area contributed by atoms with Crippen molar-refractivity contribution in [2.24, 2.45) is 0 Å². The van der Waals surface area contributed by atoms with E-state index in [1.54, 1.807) is 0 Å². The summed E-state index contributed by atoms with van der Waals surface area (Å²) in [5.41, 5.74) is 2.68. The number of unbranched alkanes of at least 4 members (excludes halogenated alkanes) is 13. The number of carbonyl (C=O) groups excluding carboxylic acids is 1. The number of rotatable bonds is 16. The number of hydrogen-bond donors (Lipinski definition) is 1. The van der Waals surface area contributed by atoms with E-state index in [9.17, 15) is 4.79 Å². The second kappa shape index (κ2) is 20.9. The summed E-state index contributed by atoms with van der Waals surface area (Å²) < 4.78 is 0.